The van der Waals surface area contributed by atoms with Crippen molar-refractivity contribution in [3.05, 3.63) is 38.3 Å². The fraction of sp³-hybridized carbons (Fsp3) is 0.400. The second kappa shape index (κ2) is 6.94. The maximum Gasteiger partial charge on any atom is 0.270 e. The van der Waals surface area contributed by atoms with Crippen LogP contribution in [0.2, 0.25) is 0 Å². The number of hydrogen-bond donors (Lipinski definition) is 2. The lowest BCUT2D eigenvalue weighted by molar-refractivity contribution is -0.384. The van der Waals surface area contributed by atoms with E-state index in [9.17, 15) is 18.5 Å². The Morgan fingerprint density at radius 2 is 2.05 bits per heavy atom. The second-order valence-corrected chi connectivity index (χ2v) is 6.56. The fourth-order valence-corrected chi connectivity index (χ4v) is 2.32. The Balaban J connectivity index is 2.44. The molecule has 19 heavy (non-hydrogen) atoms. The van der Waals surface area contributed by atoms with E-state index in [0.29, 0.717) is 24.1 Å². The van der Waals surface area contributed by atoms with Gasteiger partial charge in [0.05, 0.1) is 11.2 Å². The Bertz CT molecular complexity index is 562. The smallest absolute Gasteiger partial charge is 0.270 e. The molecule has 0 aliphatic heterocycles. The van der Waals surface area contributed by atoms with Gasteiger partial charge in [-0.2, -0.15) is 0 Å². The zero-order valence-electron chi connectivity index (χ0n) is 10.2. The van der Waals surface area contributed by atoms with E-state index in [4.69, 9.17) is 0 Å². The van der Waals surface area contributed by atoms with Gasteiger partial charge in [-0.25, -0.2) is 13.1 Å². The first-order valence-electron chi connectivity index (χ1n) is 5.38. The van der Waals surface area contributed by atoms with Crippen molar-refractivity contribution >= 4 is 31.6 Å². The molecule has 1 aromatic rings. The van der Waals surface area contributed by atoms with E-state index in [2.05, 4.69) is 26.0 Å². The van der Waals surface area contributed by atoms with Crippen LogP contribution in [0, 0.1) is 10.1 Å². The van der Waals surface area contributed by atoms with Crippen molar-refractivity contribution in [3.8, 4) is 0 Å². The maximum absolute atomic E-state index is 10.8. The van der Waals surface area contributed by atoms with Crippen molar-refractivity contribution in [1.82, 2.24) is 10.0 Å². The first kappa shape index (κ1) is 16.0. The van der Waals surface area contributed by atoms with E-state index >= 15 is 0 Å². The Labute approximate surface area is 119 Å². The van der Waals surface area contributed by atoms with Gasteiger partial charge in [0.15, 0.2) is 0 Å². The SMILES string of the molecule is CS(=O)(=O)NCCNCc1ccc([N+](=O)[O-])cc1Br. The lowest BCUT2D eigenvalue weighted by atomic mass is 10.2. The van der Waals surface area contributed by atoms with Crippen molar-refractivity contribution in [2.75, 3.05) is 19.3 Å². The van der Waals surface area contributed by atoms with E-state index < -0.39 is 14.9 Å². The highest BCUT2D eigenvalue weighted by molar-refractivity contribution is 9.10. The van der Waals surface area contributed by atoms with Gasteiger partial charge in [0.1, 0.15) is 0 Å². The number of sulfonamides is 1. The molecule has 0 radical (unpaired) electrons. The average molecular weight is 352 g/mol. The summed E-state index contributed by atoms with van der Waals surface area (Å²) in [6, 6.07) is 4.52. The zero-order chi connectivity index (χ0) is 14.5. The molecule has 0 fully saturated rings. The molecule has 7 nitrogen and oxygen atoms in total. The molecule has 0 unspecified atom stereocenters. The highest BCUT2D eigenvalue weighted by atomic mass is 79.9. The number of nitrogens with zero attached hydrogens (tertiary/aromatic N) is 1. The quantitative estimate of drug-likeness (QED) is 0.433. The van der Waals surface area contributed by atoms with Crippen molar-refractivity contribution in [1.29, 1.82) is 0 Å². The molecule has 0 spiro atoms. The summed E-state index contributed by atoms with van der Waals surface area (Å²) < 4.78 is 24.6. The van der Waals surface area contributed by atoms with Crippen LogP contribution in [0.15, 0.2) is 22.7 Å². The molecular weight excluding hydrogens is 338 g/mol. The molecule has 0 heterocycles. The summed E-state index contributed by atoms with van der Waals surface area (Å²) in [7, 11) is -3.17. The third-order valence-corrected chi connectivity index (χ3v) is 3.70. The van der Waals surface area contributed by atoms with Gasteiger partial charge in [0.25, 0.3) is 5.69 Å². The summed E-state index contributed by atoms with van der Waals surface area (Å²) in [5.41, 5.74) is 0.888. The Morgan fingerprint density at radius 3 is 2.58 bits per heavy atom. The molecule has 106 valence electrons. The predicted octanol–water partition coefficient (Wildman–Crippen LogP) is 0.996. The van der Waals surface area contributed by atoms with Crippen LogP contribution >= 0.6 is 15.9 Å². The molecule has 0 saturated heterocycles. The molecular formula is C10H14BrN3O4S. The summed E-state index contributed by atoms with van der Waals surface area (Å²) in [6.45, 7) is 1.25. The number of nitro benzene ring substituents is 1. The minimum atomic E-state index is -3.17. The van der Waals surface area contributed by atoms with E-state index in [1.54, 1.807) is 6.07 Å². The van der Waals surface area contributed by atoms with Gasteiger partial charge >= 0.3 is 0 Å². The monoisotopic (exact) mass is 351 g/mol. The molecule has 9 heteroatoms. The van der Waals surface area contributed by atoms with Gasteiger partial charge < -0.3 is 5.32 Å². The molecule has 0 aliphatic carbocycles. The summed E-state index contributed by atoms with van der Waals surface area (Å²) in [5, 5.41) is 13.6. The van der Waals surface area contributed by atoms with Crippen molar-refractivity contribution in [2.24, 2.45) is 0 Å². The Morgan fingerprint density at radius 1 is 1.37 bits per heavy atom. The maximum atomic E-state index is 10.8. The van der Waals surface area contributed by atoms with Crippen molar-refractivity contribution in [2.45, 2.75) is 6.54 Å². The summed E-state index contributed by atoms with van der Waals surface area (Å²) in [5.74, 6) is 0. The topological polar surface area (TPSA) is 101 Å². The second-order valence-electron chi connectivity index (χ2n) is 3.88. The largest absolute Gasteiger partial charge is 0.311 e. The first-order valence-corrected chi connectivity index (χ1v) is 8.06. The van der Waals surface area contributed by atoms with Crippen LogP contribution in [-0.2, 0) is 16.6 Å². The van der Waals surface area contributed by atoms with Gasteiger partial charge in [-0.05, 0) is 11.6 Å². The number of nitrogens with one attached hydrogen (secondary N) is 2. The molecule has 1 rings (SSSR count). The van der Waals surface area contributed by atoms with Crippen LogP contribution in [0.25, 0.3) is 0 Å². The number of halogens is 1. The summed E-state index contributed by atoms with van der Waals surface area (Å²) in [4.78, 5) is 10.1. The fourth-order valence-electron chi connectivity index (χ4n) is 1.34. The lowest BCUT2D eigenvalue weighted by Gasteiger charge is -2.07. The van der Waals surface area contributed by atoms with Crippen molar-refractivity contribution < 1.29 is 13.3 Å². The van der Waals surface area contributed by atoms with E-state index in [1.807, 2.05) is 0 Å². The van der Waals surface area contributed by atoms with E-state index in [-0.39, 0.29) is 5.69 Å². The van der Waals surface area contributed by atoms with Gasteiger partial charge in [-0.15, -0.1) is 0 Å². The number of rotatable bonds is 7. The van der Waals surface area contributed by atoms with Crippen LogP contribution in [-0.4, -0.2) is 32.7 Å². The molecule has 0 atom stereocenters. The number of non-ortho nitro benzene ring substituents is 1. The summed E-state index contributed by atoms with van der Waals surface area (Å²) in [6.07, 6.45) is 1.10. The van der Waals surface area contributed by atoms with Crippen molar-refractivity contribution in [3.63, 3.8) is 0 Å². The molecule has 0 aromatic heterocycles. The molecule has 0 amide bonds. The molecule has 0 aliphatic rings. The standard InChI is InChI=1S/C10H14BrN3O4S/c1-19(17,18)13-5-4-12-7-8-2-3-9(14(15)16)6-10(8)11/h2-3,6,12-13H,4-5,7H2,1H3. The minimum absolute atomic E-state index is 0.0226. The molecule has 0 saturated carbocycles. The number of hydrogen-bond acceptors (Lipinski definition) is 5. The van der Waals surface area contributed by atoms with Crippen LogP contribution in [0.3, 0.4) is 0 Å². The van der Waals surface area contributed by atoms with Gasteiger partial charge in [0, 0.05) is 36.2 Å². The highest BCUT2D eigenvalue weighted by Gasteiger charge is 2.08. The Kier molecular flexibility index (Phi) is 5.85. The normalized spacial score (nSPS) is 11.5. The number of nitro groups is 1. The predicted molar refractivity (Wildman–Crippen MR) is 75.3 cm³/mol. The average Bonchev–Trinajstić information content (AvgIpc) is 2.28. The van der Waals surface area contributed by atoms with Crippen LogP contribution in [0.4, 0.5) is 5.69 Å². The lowest BCUT2D eigenvalue weighted by Crippen LogP contribution is -2.30. The van der Waals surface area contributed by atoms with Crippen LogP contribution in [0.5, 0.6) is 0 Å². The third kappa shape index (κ3) is 6.10. The van der Waals surface area contributed by atoms with E-state index in [1.165, 1.54) is 12.1 Å². The Hall–Kier alpha value is -1.03. The molecule has 0 bridgehead atoms. The van der Waals surface area contributed by atoms with Gasteiger partial charge in [0.2, 0.25) is 10.0 Å². The minimum Gasteiger partial charge on any atom is -0.311 e. The zero-order valence-corrected chi connectivity index (χ0v) is 12.6. The highest BCUT2D eigenvalue weighted by Crippen LogP contribution is 2.22. The van der Waals surface area contributed by atoms with Crippen LogP contribution < -0.4 is 10.0 Å². The van der Waals surface area contributed by atoms with Gasteiger partial charge in [-0.3, -0.25) is 10.1 Å². The van der Waals surface area contributed by atoms with Gasteiger partial charge in [-0.1, -0.05) is 15.9 Å². The summed E-state index contributed by atoms with van der Waals surface area (Å²) >= 11 is 3.26. The van der Waals surface area contributed by atoms with Crippen LogP contribution in [0.1, 0.15) is 5.56 Å². The molecule has 1 aromatic carbocycles. The third-order valence-electron chi connectivity index (χ3n) is 2.23. The molecule has 2 N–H and O–H groups in total. The first-order chi connectivity index (χ1) is 8.79. The number of benzene rings is 1. The van der Waals surface area contributed by atoms with E-state index in [0.717, 1.165) is 11.8 Å².